The normalized spacial score (nSPS) is 14.1. The van der Waals surface area contributed by atoms with Crippen LogP contribution >= 0.6 is 0 Å². The van der Waals surface area contributed by atoms with Crippen molar-refractivity contribution in [3.63, 3.8) is 0 Å². The number of methoxy groups -OCH3 is 1. The van der Waals surface area contributed by atoms with Gasteiger partial charge in [-0.25, -0.2) is 0 Å². The van der Waals surface area contributed by atoms with Crippen LogP contribution in [0.2, 0.25) is 0 Å². The van der Waals surface area contributed by atoms with Crippen molar-refractivity contribution >= 4 is 11.5 Å². The molecule has 0 aliphatic heterocycles. The van der Waals surface area contributed by atoms with Gasteiger partial charge in [0.25, 0.3) is 0 Å². The van der Waals surface area contributed by atoms with Crippen molar-refractivity contribution in [3.05, 3.63) is 28.3 Å². The molecule has 0 aromatic heterocycles. The van der Waals surface area contributed by atoms with Gasteiger partial charge in [0.15, 0.2) is 11.5 Å². The zero-order chi connectivity index (χ0) is 13.1. The maximum absolute atomic E-state index is 11.5. The van der Waals surface area contributed by atoms with E-state index in [1.165, 1.54) is 19.2 Å². The summed E-state index contributed by atoms with van der Waals surface area (Å²) in [4.78, 5) is 21.8. The molecule has 0 N–H and O–H groups in total. The summed E-state index contributed by atoms with van der Waals surface area (Å²) in [6, 6.07) is 4.28. The van der Waals surface area contributed by atoms with Gasteiger partial charge in [0.2, 0.25) is 0 Å². The highest BCUT2D eigenvalue weighted by Gasteiger charge is 2.30. The Kier molecular flexibility index (Phi) is 3.45. The second-order valence-electron chi connectivity index (χ2n) is 4.12. The van der Waals surface area contributed by atoms with Crippen LogP contribution in [0.3, 0.4) is 0 Å². The minimum absolute atomic E-state index is 0.000107. The molecular formula is C12H13NO5. The van der Waals surface area contributed by atoms with Crippen molar-refractivity contribution in [1.29, 1.82) is 0 Å². The zero-order valence-corrected chi connectivity index (χ0v) is 9.92. The quantitative estimate of drug-likeness (QED) is 0.570. The molecule has 0 unspecified atom stereocenters. The molecule has 1 aliphatic carbocycles. The molecule has 1 aromatic rings. The predicted molar refractivity (Wildman–Crippen MR) is 62.9 cm³/mol. The van der Waals surface area contributed by atoms with Crippen molar-refractivity contribution in [1.82, 2.24) is 0 Å². The topological polar surface area (TPSA) is 78.7 Å². The lowest BCUT2D eigenvalue weighted by Crippen LogP contribution is -2.13. The van der Waals surface area contributed by atoms with Crippen molar-refractivity contribution < 1.29 is 19.2 Å². The van der Waals surface area contributed by atoms with Gasteiger partial charge >= 0.3 is 5.69 Å². The van der Waals surface area contributed by atoms with E-state index in [4.69, 9.17) is 9.47 Å². The average molecular weight is 251 g/mol. The lowest BCUT2D eigenvalue weighted by atomic mass is 10.2. The van der Waals surface area contributed by atoms with Gasteiger partial charge in [-0.3, -0.25) is 14.9 Å². The number of carbonyl (C=O) groups is 1. The predicted octanol–water partition coefficient (Wildman–Crippen LogP) is 1.96. The van der Waals surface area contributed by atoms with Crippen LogP contribution in [0.15, 0.2) is 18.2 Å². The van der Waals surface area contributed by atoms with Crippen molar-refractivity contribution in [2.24, 2.45) is 5.92 Å². The van der Waals surface area contributed by atoms with Crippen LogP contribution < -0.4 is 9.47 Å². The molecule has 96 valence electrons. The first-order valence-corrected chi connectivity index (χ1v) is 5.59. The molecular weight excluding hydrogens is 238 g/mol. The number of ether oxygens (including phenoxy) is 2. The van der Waals surface area contributed by atoms with Gasteiger partial charge in [-0.15, -0.1) is 0 Å². The second kappa shape index (κ2) is 5.03. The molecule has 6 heteroatoms. The van der Waals surface area contributed by atoms with Crippen LogP contribution in [0, 0.1) is 16.0 Å². The van der Waals surface area contributed by atoms with Crippen LogP contribution in [0.5, 0.6) is 11.5 Å². The standard InChI is InChI=1S/C12H13NO5/c1-17-9-4-5-12(10(6-9)13(15)16)18-7-11(14)8-2-3-8/h4-6,8H,2-3,7H2,1H3. The van der Waals surface area contributed by atoms with E-state index in [0.717, 1.165) is 12.8 Å². The number of nitro benzene ring substituents is 1. The van der Waals surface area contributed by atoms with Crippen LogP contribution in [0.4, 0.5) is 5.69 Å². The fourth-order valence-electron chi connectivity index (χ4n) is 1.56. The number of Topliss-reactive ketones (excluding diaryl/α,β-unsaturated/α-hetero) is 1. The third-order valence-electron chi connectivity index (χ3n) is 2.77. The van der Waals surface area contributed by atoms with Crippen LogP contribution in [0.25, 0.3) is 0 Å². The van der Waals surface area contributed by atoms with Crippen molar-refractivity contribution in [2.45, 2.75) is 12.8 Å². The van der Waals surface area contributed by atoms with Gasteiger partial charge in [-0.05, 0) is 25.0 Å². The van der Waals surface area contributed by atoms with Gasteiger partial charge < -0.3 is 9.47 Å². The number of nitro groups is 1. The third-order valence-corrected chi connectivity index (χ3v) is 2.77. The van der Waals surface area contributed by atoms with Gasteiger partial charge in [0.05, 0.1) is 18.1 Å². The smallest absolute Gasteiger partial charge is 0.314 e. The SMILES string of the molecule is COc1ccc(OCC(=O)C2CC2)c([N+](=O)[O-])c1. The molecule has 1 aromatic carbocycles. The summed E-state index contributed by atoms with van der Waals surface area (Å²) in [5, 5.41) is 10.9. The summed E-state index contributed by atoms with van der Waals surface area (Å²) in [5.74, 6) is 0.555. The summed E-state index contributed by atoms with van der Waals surface area (Å²) in [7, 11) is 1.43. The van der Waals surface area contributed by atoms with Crippen LogP contribution in [-0.4, -0.2) is 24.4 Å². The Balaban J connectivity index is 2.10. The third kappa shape index (κ3) is 2.77. The largest absolute Gasteiger partial charge is 0.496 e. The highest BCUT2D eigenvalue weighted by Crippen LogP contribution is 2.33. The average Bonchev–Trinajstić information content (AvgIpc) is 3.19. The summed E-state index contributed by atoms with van der Waals surface area (Å²) in [6.07, 6.45) is 1.79. The zero-order valence-electron chi connectivity index (χ0n) is 9.92. The van der Waals surface area contributed by atoms with Crippen molar-refractivity contribution in [3.8, 4) is 11.5 Å². The highest BCUT2D eigenvalue weighted by molar-refractivity contribution is 5.84. The van der Waals surface area contributed by atoms with Gasteiger partial charge in [0.1, 0.15) is 12.4 Å². The maximum Gasteiger partial charge on any atom is 0.314 e. The number of hydrogen-bond donors (Lipinski definition) is 0. The van der Waals surface area contributed by atoms with Gasteiger partial charge in [-0.1, -0.05) is 0 Å². The number of nitrogens with zero attached hydrogens (tertiary/aromatic N) is 1. The molecule has 0 saturated heterocycles. The van der Waals surface area contributed by atoms with Crippen LogP contribution in [-0.2, 0) is 4.79 Å². The maximum atomic E-state index is 11.5. The Morgan fingerprint density at radius 2 is 2.22 bits per heavy atom. The number of benzene rings is 1. The Labute approximate surface area is 104 Å². The lowest BCUT2D eigenvalue weighted by Gasteiger charge is -2.07. The van der Waals surface area contributed by atoms with E-state index in [9.17, 15) is 14.9 Å². The van der Waals surface area contributed by atoms with E-state index in [-0.39, 0.29) is 29.7 Å². The van der Waals surface area contributed by atoms with E-state index in [1.54, 1.807) is 6.07 Å². The Morgan fingerprint density at radius 1 is 1.50 bits per heavy atom. The Bertz CT molecular complexity index is 481. The molecule has 0 bridgehead atoms. The summed E-state index contributed by atoms with van der Waals surface area (Å²) < 4.78 is 10.1. The van der Waals surface area contributed by atoms with Gasteiger partial charge in [-0.2, -0.15) is 0 Å². The molecule has 1 fully saturated rings. The van der Waals surface area contributed by atoms with E-state index < -0.39 is 4.92 Å². The van der Waals surface area contributed by atoms with E-state index >= 15 is 0 Å². The molecule has 0 radical (unpaired) electrons. The summed E-state index contributed by atoms with van der Waals surface area (Å²) in [6.45, 7) is -0.113. The Morgan fingerprint density at radius 3 is 2.78 bits per heavy atom. The molecule has 0 atom stereocenters. The molecule has 18 heavy (non-hydrogen) atoms. The minimum atomic E-state index is -0.556. The van der Waals surface area contributed by atoms with Crippen molar-refractivity contribution in [2.75, 3.05) is 13.7 Å². The number of ketones is 1. The van der Waals surface area contributed by atoms with Gasteiger partial charge in [0, 0.05) is 5.92 Å². The number of rotatable bonds is 6. The molecule has 2 rings (SSSR count). The first-order valence-electron chi connectivity index (χ1n) is 5.59. The first kappa shape index (κ1) is 12.3. The fraction of sp³-hybridized carbons (Fsp3) is 0.417. The molecule has 1 aliphatic rings. The fourth-order valence-corrected chi connectivity index (χ4v) is 1.56. The summed E-state index contributed by atoms with van der Waals surface area (Å²) in [5.41, 5.74) is -0.196. The number of carbonyl (C=O) groups excluding carboxylic acids is 1. The Hall–Kier alpha value is -2.11. The lowest BCUT2D eigenvalue weighted by molar-refractivity contribution is -0.385. The van der Waals surface area contributed by atoms with Crippen LogP contribution in [0.1, 0.15) is 12.8 Å². The molecule has 0 amide bonds. The highest BCUT2D eigenvalue weighted by atomic mass is 16.6. The summed E-state index contributed by atoms with van der Waals surface area (Å²) >= 11 is 0. The molecule has 6 nitrogen and oxygen atoms in total. The van der Waals surface area contributed by atoms with E-state index in [0.29, 0.717) is 5.75 Å². The molecule has 0 spiro atoms. The number of hydrogen-bond acceptors (Lipinski definition) is 5. The second-order valence-corrected chi connectivity index (χ2v) is 4.12. The molecule has 0 heterocycles. The van der Waals surface area contributed by atoms with E-state index in [1.807, 2.05) is 0 Å². The van der Waals surface area contributed by atoms with E-state index in [2.05, 4.69) is 0 Å². The molecule has 1 saturated carbocycles. The monoisotopic (exact) mass is 251 g/mol. The minimum Gasteiger partial charge on any atom is -0.496 e. The first-order chi connectivity index (χ1) is 8.61.